The Morgan fingerprint density at radius 2 is 2.40 bits per heavy atom. The lowest BCUT2D eigenvalue weighted by molar-refractivity contribution is 0.250. The van der Waals surface area contributed by atoms with E-state index in [9.17, 15) is 0 Å². The van der Waals surface area contributed by atoms with Gasteiger partial charge in [0.2, 0.25) is 0 Å². The van der Waals surface area contributed by atoms with Crippen molar-refractivity contribution in [3.05, 3.63) is 10.5 Å². The number of nitrogens with zero attached hydrogens (tertiary/aromatic N) is 1. The number of hydrogen-bond acceptors (Lipinski definition) is 3. The van der Waals surface area contributed by atoms with Crippen LogP contribution in [0.4, 0.5) is 0 Å². The van der Waals surface area contributed by atoms with Crippen LogP contribution in [-0.2, 0) is 0 Å². The summed E-state index contributed by atoms with van der Waals surface area (Å²) >= 11 is 3.19. The highest BCUT2D eigenvalue weighted by Gasteiger charge is 2.07. The summed E-state index contributed by atoms with van der Waals surface area (Å²) in [5, 5.41) is 0. The lowest BCUT2D eigenvalue weighted by Gasteiger charge is -1.94. The lowest BCUT2D eigenvalue weighted by atomic mass is 10.8. The first-order valence-corrected chi connectivity index (χ1v) is 3.79. The fourth-order valence-corrected chi connectivity index (χ4v) is 1.05. The second kappa shape index (κ2) is 3.05. The van der Waals surface area contributed by atoms with Crippen molar-refractivity contribution in [3.63, 3.8) is 0 Å². The van der Waals surface area contributed by atoms with Crippen molar-refractivity contribution < 1.29 is 9.15 Å². The van der Waals surface area contributed by atoms with Gasteiger partial charge in [0, 0.05) is 6.92 Å². The molecule has 0 aliphatic rings. The van der Waals surface area contributed by atoms with E-state index in [1.54, 1.807) is 6.92 Å². The van der Waals surface area contributed by atoms with Crippen LogP contribution >= 0.6 is 15.9 Å². The Labute approximate surface area is 67.5 Å². The van der Waals surface area contributed by atoms with E-state index >= 15 is 0 Å². The molecular weight excluding hydrogens is 198 g/mol. The van der Waals surface area contributed by atoms with Crippen LogP contribution in [0.25, 0.3) is 0 Å². The lowest BCUT2D eigenvalue weighted by Crippen LogP contribution is -1.89. The molecule has 3 nitrogen and oxygen atoms in total. The Hall–Kier alpha value is -0.510. The summed E-state index contributed by atoms with van der Waals surface area (Å²) in [5.41, 5.74) is 0. The fourth-order valence-electron chi connectivity index (χ4n) is 0.603. The zero-order valence-electron chi connectivity index (χ0n) is 5.85. The van der Waals surface area contributed by atoms with Crippen molar-refractivity contribution in [2.24, 2.45) is 0 Å². The Bertz CT molecular complexity index is 222. The minimum Gasteiger partial charge on any atom is -0.463 e. The van der Waals surface area contributed by atoms with E-state index in [0.29, 0.717) is 23.0 Å². The molecule has 10 heavy (non-hydrogen) atoms. The van der Waals surface area contributed by atoms with Crippen molar-refractivity contribution >= 4 is 15.9 Å². The molecule has 0 fully saturated rings. The van der Waals surface area contributed by atoms with Gasteiger partial charge in [-0.15, -0.1) is 0 Å². The quantitative estimate of drug-likeness (QED) is 0.743. The third kappa shape index (κ3) is 1.50. The van der Waals surface area contributed by atoms with E-state index < -0.39 is 0 Å². The Morgan fingerprint density at radius 1 is 1.70 bits per heavy atom. The van der Waals surface area contributed by atoms with E-state index in [-0.39, 0.29) is 0 Å². The highest BCUT2D eigenvalue weighted by Crippen LogP contribution is 2.24. The van der Waals surface area contributed by atoms with Gasteiger partial charge >= 0.3 is 5.95 Å². The second-order valence-electron chi connectivity index (χ2n) is 1.74. The van der Waals surface area contributed by atoms with Crippen LogP contribution in [0.1, 0.15) is 12.8 Å². The van der Waals surface area contributed by atoms with Crippen LogP contribution in [0, 0.1) is 6.92 Å². The van der Waals surface area contributed by atoms with Gasteiger partial charge < -0.3 is 9.15 Å². The average molecular weight is 206 g/mol. The molecule has 0 atom stereocenters. The second-order valence-corrected chi connectivity index (χ2v) is 2.50. The topological polar surface area (TPSA) is 35.3 Å². The van der Waals surface area contributed by atoms with E-state index in [2.05, 4.69) is 20.9 Å². The molecule has 56 valence electrons. The van der Waals surface area contributed by atoms with Crippen LogP contribution in [-0.4, -0.2) is 11.6 Å². The van der Waals surface area contributed by atoms with E-state index in [4.69, 9.17) is 9.15 Å². The first-order chi connectivity index (χ1) is 4.74. The van der Waals surface area contributed by atoms with Crippen LogP contribution in [0.2, 0.25) is 0 Å². The summed E-state index contributed by atoms with van der Waals surface area (Å²) in [6.45, 7) is 4.25. The summed E-state index contributed by atoms with van der Waals surface area (Å²) < 4.78 is 10.8. The van der Waals surface area contributed by atoms with Gasteiger partial charge in [-0.05, 0) is 22.9 Å². The molecule has 0 spiro atoms. The largest absolute Gasteiger partial charge is 0.463 e. The zero-order chi connectivity index (χ0) is 7.56. The maximum absolute atomic E-state index is 5.08. The molecule has 0 saturated heterocycles. The predicted molar refractivity (Wildman–Crippen MR) is 40.1 cm³/mol. The van der Waals surface area contributed by atoms with Gasteiger partial charge in [-0.25, -0.2) is 4.98 Å². The van der Waals surface area contributed by atoms with Gasteiger partial charge in [-0.2, -0.15) is 0 Å². The number of rotatable bonds is 2. The van der Waals surface area contributed by atoms with Crippen LogP contribution < -0.4 is 4.74 Å². The molecule has 0 radical (unpaired) electrons. The summed E-state index contributed by atoms with van der Waals surface area (Å²) in [6.07, 6.45) is 0. The molecule has 0 bridgehead atoms. The molecule has 1 heterocycles. The zero-order valence-corrected chi connectivity index (χ0v) is 7.43. The molecule has 4 heteroatoms. The number of hydrogen-bond donors (Lipinski definition) is 0. The summed E-state index contributed by atoms with van der Waals surface area (Å²) in [4.78, 5) is 3.95. The Balaban J connectivity index is 2.81. The maximum atomic E-state index is 5.08. The highest BCUT2D eigenvalue weighted by atomic mass is 79.9. The van der Waals surface area contributed by atoms with Crippen LogP contribution in [0.5, 0.6) is 5.95 Å². The standard InChI is InChI=1S/C6H8BrNO2/c1-3-9-6-5(7)8-4(2)10-6/h3H2,1-2H3. The summed E-state index contributed by atoms with van der Waals surface area (Å²) in [7, 11) is 0. The molecule has 0 aliphatic carbocycles. The molecular formula is C6H8BrNO2. The number of ether oxygens (including phenoxy) is 1. The third-order valence-electron chi connectivity index (χ3n) is 0.940. The minimum absolute atomic E-state index is 0.458. The van der Waals surface area contributed by atoms with Crippen LogP contribution in [0.3, 0.4) is 0 Å². The predicted octanol–water partition coefficient (Wildman–Crippen LogP) is 2.14. The van der Waals surface area contributed by atoms with Gasteiger partial charge in [0.15, 0.2) is 10.5 Å². The van der Waals surface area contributed by atoms with Crippen molar-refractivity contribution in [2.45, 2.75) is 13.8 Å². The van der Waals surface area contributed by atoms with Crippen molar-refractivity contribution in [1.29, 1.82) is 0 Å². The Kier molecular flexibility index (Phi) is 2.32. The number of halogens is 1. The summed E-state index contributed by atoms with van der Waals surface area (Å²) in [5.74, 6) is 1.07. The fraction of sp³-hybridized carbons (Fsp3) is 0.500. The highest BCUT2D eigenvalue weighted by molar-refractivity contribution is 9.10. The number of aromatic nitrogens is 1. The smallest absolute Gasteiger partial charge is 0.320 e. The van der Waals surface area contributed by atoms with E-state index in [1.807, 2.05) is 6.92 Å². The maximum Gasteiger partial charge on any atom is 0.320 e. The minimum atomic E-state index is 0.458. The van der Waals surface area contributed by atoms with Crippen molar-refractivity contribution in [3.8, 4) is 5.95 Å². The molecule has 0 aromatic carbocycles. The molecule has 0 amide bonds. The van der Waals surface area contributed by atoms with Crippen molar-refractivity contribution in [1.82, 2.24) is 4.98 Å². The first kappa shape index (κ1) is 7.60. The molecule has 0 N–H and O–H groups in total. The van der Waals surface area contributed by atoms with E-state index in [1.165, 1.54) is 0 Å². The number of aryl methyl sites for hydroxylation is 1. The average Bonchev–Trinajstić information content (AvgIpc) is 2.13. The molecule has 0 saturated carbocycles. The first-order valence-electron chi connectivity index (χ1n) is 2.99. The van der Waals surface area contributed by atoms with Gasteiger partial charge in [-0.3, -0.25) is 0 Å². The molecule has 0 unspecified atom stereocenters. The van der Waals surface area contributed by atoms with Gasteiger partial charge in [-0.1, -0.05) is 0 Å². The third-order valence-corrected chi connectivity index (χ3v) is 1.44. The van der Waals surface area contributed by atoms with Gasteiger partial charge in [0.1, 0.15) is 0 Å². The van der Waals surface area contributed by atoms with E-state index in [0.717, 1.165) is 0 Å². The SMILES string of the molecule is CCOc1oc(C)nc1Br. The molecule has 1 aromatic heterocycles. The normalized spacial score (nSPS) is 9.90. The van der Waals surface area contributed by atoms with Gasteiger partial charge in [0.05, 0.1) is 6.61 Å². The summed E-state index contributed by atoms with van der Waals surface area (Å²) in [6, 6.07) is 0. The monoisotopic (exact) mass is 205 g/mol. The number of oxazole rings is 1. The van der Waals surface area contributed by atoms with Gasteiger partial charge in [0.25, 0.3) is 0 Å². The van der Waals surface area contributed by atoms with Crippen molar-refractivity contribution in [2.75, 3.05) is 6.61 Å². The molecule has 1 aromatic rings. The van der Waals surface area contributed by atoms with Crippen LogP contribution in [0.15, 0.2) is 9.02 Å². The molecule has 1 rings (SSSR count). The molecule has 0 aliphatic heterocycles. The Morgan fingerprint density at radius 3 is 2.80 bits per heavy atom.